The number of hydrogen-bond donors (Lipinski definition) is 1. The molecule has 2 atom stereocenters. The molecular weight excluding hydrogens is 608 g/mol. The van der Waals surface area contributed by atoms with Crippen LogP contribution in [0.15, 0.2) is 48.8 Å². The van der Waals surface area contributed by atoms with Crippen molar-refractivity contribution in [2.24, 2.45) is 0 Å². The van der Waals surface area contributed by atoms with Crippen molar-refractivity contribution < 1.29 is 45.4 Å². The maximum absolute atomic E-state index is 15.2. The fourth-order valence-corrected chi connectivity index (χ4v) is 5.08. The number of esters is 1. The minimum atomic E-state index is -4.74. The maximum atomic E-state index is 15.2. The summed E-state index contributed by atoms with van der Waals surface area (Å²) < 4.78 is 94.4. The lowest BCUT2D eigenvalue weighted by Crippen LogP contribution is -2.53. The molecule has 1 fully saturated rings. The van der Waals surface area contributed by atoms with Gasteiger partial charge in [0.15, 0.2) is 11.6 Å². The standard InChI is InChI=1S/C30H25F6N5O4/c1-15-22(33)13-38-27(39-15)19-6-5-16(18-4-3-7-37-26(18)19)10-23(29(43)44-2)40-28(42)25-20(31)11-17(12-21(25)32)41-8-9-45-14-24(41)30(34,35)36/h3-7,11-13,23-24H,8-10,14H2,1-2H3,(H,40,42)/t23-,24+/m0/s1. The Hall–Kier alpha value is -4.79. The van der Waals surface area contributed by atoms with Crippen molar-refractivity contribution in [1.82, 2.24) is 20.3 Å². The van der Waals surface area contributed by atoms with E-state index in [4.69, 9.17) is 9.47 Å². The van der Waals surface area contributed by atoms with Crippen molar-refractivity contribution in [3.05, 3.63) is 83.1 Å². The van der Waals surface area contributed by atoms with E-state index in [2.05, 4.69) is 20.3 Å². The van der Waals surface area contributed by atoms with Crippen LogP contribution in [0.5, 0.6) is 0 Å². The lowest BCUT2D eigenvalue weighted by molar-refractivity contribution is -0.167. The number of hydrogen-bond acceptors (Lipinski definition) is 8. The summed E-state index contributed by atoms with van der Waals surface area (Å²) in [5.41, 5.74) is -0.0269. The van der Waals surface area contributed by atoms with Gasteiger partial charge in [0.1, 0.15) is 29.3 Å². The molecular formula is C30H25F6N5O4. The van der Waals surface area contributed by atoms with E-state index in [0.717, 1.165) is 18.2 Å². The summed E-state index contributed by atoms with van der Waals surface area (Å²) in [5.74, 6) is -5.48. The molecule has 3 heterocycles. The molecule has 4 aromatic rings. The highest BCUT2D eigenvalue weighted by molar-refractivity contribution is 5.98. The topological polar surface area (TPSA) is 107 Å². The van der Waals surface area contributed by atoms with Gasteiger partial charge in [-0.25, -0.2) is 27.9 Å². The summed E-state index contributed by atoms with van der Waals surface area (Å²) in [7, 11) is 1.06. The number of nitrogens with one attached hydrogen (secondary N) is 1. The van der Waals surface area contributed by atoms with Gasteiger partial charge >= 0.3 is 12.1 Å². The van der Waals surface area contributed by atoms with Gasteiger partial charge in [0.2, 0.25) is 0 Å². The first kappa shape index (κ1) is 31.6. The predicted octanol–water partition coefficient (Wildman–Crippen LogP) is 4.70. The maximum Gasteiger partial charge on any atom is 0.411 e. The smallest absolute Gasteiger partial charge is 0.411 e. The predicted molar refractivity (Wildman–Crippen MR) is 149 cm³/mol. The van der Waals surface area contributed by atoms with Crippen LogP contribution < -0.4 is 10.2 Å². The molecule has 1 aliphatic heterocycles. The summed E-state index contributed by atoms with van der Waals surface area (Å²) in [4.78, 5) is 39.2. The van der Waals surface area contributed by atoms with Crippen LogP contribution in [0.4, 0.5) is 32.0 Å². The van der Waals surface area contributed by atoms with Crippen LogP contribution in [-0.2, 0) is 20.7 Å². The Bertz CT molecular complexity index is 1750. The van der Waals surface area contributed by atoms with Gasteiger partial charge < -0.3 is 19.7 Å². The molecule has 1 N–H and O–H groups in total. The Labute approximate surface area is 252 Å². The Kier molecular flexibility index (Phi) is 8.91. The third-order valence-electron chi connectivity index (χ3n) is 7.33. The molecule has 0 saturated carbocycles. The fourth-order valence-electron chi connectivity index (χ4n) is 5.08. The molecule has 9 nitrogen and oxygen atoms in total. The quantitative estimate of drug-likeness (QED) is 0.231. The molecule has 2 aromatic heterocycles. The molecule has 236 valence electrons. The number of pyridine rings is 1. The number of nitrogens with zero attached hydrogens (tertiary/aromatic N) is 4. The third kappa shape index (κ3) is 6.53. The molecule has 0 unspecified atom stereocenters. The number of aromatic nitrogens is 3. The first-order chi connectivity index (χ1) is 21.4. The Balaban J connectivity index is 1.44. The van der Waals surface area contributed by atoms with E-state index in [9.17, 15) is 27.2 Å². The van der Waals surface area contributed by atoms with Crippen molar-refractivity contribution in [3.63, 3.8) is 0 Å². The lowest BCUT2D eigenvalue weighted by atomic mass is 9.97. The summed E-state index contributed by atoms with van der Waals surface area (Å²) >= 11 is 0. The minimum absolute atomic E-state index is 0.0966. The number of rotatable bonds is 7. The van der Waals surface area contributed by atoms with Gasteiger partial charge in [-0.15, -0.1) is 0 Å². The van der Waals surface area contributed by atoms with Crippen molar-refractivity contribution >= 4 is 28.5 Å². The number of aryl methyl sites for hydroxylation is 1. The van der Waals surface area contributed by atoms with Crippen LogP contribution in [0.3, 0.4) is 0 Å². The molecule has 1 aliphatic rings. The first-order valence-corrected chi connectivity index (χ1v) is 13.5. The van der Waals surface area contributed by atoms with Crippen LogP contribution >= 0.6 is 0 Å². The zero-order chi connectivity index (χ0) is 32.5. The number of methoxy groups -OCH3 is 1. The number of benzene rings is 2. The largest absolute Gasteiger partial charge is 0.467 e. The van der Waals surface area contributed by atoms with Gasteiger partial charge in [0, 0.05) is 35.8 Å². The third-order valence-corrected chi connectivity index (χ3v) is 7.33. The normalized spacial score (nSPS) is 16.0. The van der Waals surface area contributed by atoms with Crippen LogP contribution in [0.25, 0.3) is 22.3 Å². The number of ether oxygens (including phenoxy) is 2. The molecule has 2 aromatic carbocycles. The van der Waals surface area contributed by atoms with Crippen LogP contribution in [0.1, 0.15) is 21.6 Å². The SMILES string of the molecule is COC(=O)[C@H](Cc1ccc(-c2ncc(F)c(C)n2)c2ncccc12)NC(=O)c1c(F)cc(N2CCOC[C@@H]2C(F)(F)F)cc1F. The van der Waals surface area contributed by atoms with Crippen molar-refractivity contribution in [1.29, 1.82) is 0 Å². The van der Waals surface area contributed by atoms with Gasteiger partial charge in [0.05, 0.1) is 37.7 Å². The summed E-state index contributed by atoms with van der Waals surface area (Å²) in [6.07, 6.45) is -2.40. The van der Waals surface area contributed by atoms with Crippen LogP contribution in [-0.4, -0.2) is 72.0 Å². The molecule has 5 rings (SSSR count). The van der Waals surface area contributed by atoms with Gasteiger partial charge in [-0.3, -0.25) is 9.78 Å². The van der Waals surface area contributed by atoms with E-state index in [1.807, 2.05) is 0 Å². The van der Waals surface area contributed by atoms with E-state index in [1.165, 1.54) is 13.1 Å². The van der Waals surface area contributed by atoms with Gasteiger partial charge in [0.25, 0.3) is 5.91 Å². The van der Waals surface area contributed by atoms with E-state index in [1.54, 1.807) is 24.3 Å². The Morgan fingerprint density at radius 1 is 1.11 bits per heavy atom. The zero-order valence-corrected chi connectivity index (χ0v) is 23.8. The molecule has 0 radical (unpaired) electrons. The van der Waals surface area contributed by atoms with Crippen LogP contribution in [0.2, 0.25) is 0 Å². The number of alkyl halides is 3. The Morgan fingerprint density at radius 3 is 2.51 bits per heavy atom. The summed E-state index contributed by atoms with van der Waals surface area (Å²) in [5, 5.41) is 2.80. The molecule has 15 heteroatoms. The number of carbonyl (C=O) groups is 2. The highest BCUT2D eigenvalue weighted by atomic mass is 19.4. The van der Waals surface area contributed by atoms with Gasteiger partial charge in [-0.2, -0.15) is 13.2 Å². The average molecular weight is 634 g/mol. The molecule has 0 aliphatic carbocycles. The van der Waals surface area contributed by atoms with Gasteiger partial charge in [-0.05, 0) is 36.8 Å². The fraction of sp³-hybridized carbons (Fsp3) is 0.300. The molecule has 0 spiro atoms. The second-order valence-corrected chi connectivity index (χ2v) is 10.2. The molecule has 0 bridgehead atoms. The zero-order valence-electron chi connectivity index (χ0n) is 23.8. The highest BCUT2D eigenvalue weighted by Crippen LogP contribution is 2.33. The van der Waals surface area contributed by atoms with E-state index < -0.39 is 65.4 Å². The number of amides is 1. The summed E-state index contributed by atoms with van der Waals surface area (Å²) in [6, 6.07) is 4.22. The van der Waals surface area contributed by atoms with E-state index in [0.29, 0.717) is 34.2 Å². The van der Waals surface area contributed by atoms with E-state index in [-0.39, 0.29) is 31.1 Å². The Morgan fingerprint density at radius 2 is 1.84 bits per heavy atom. The summed E-state index contributed by atoms with van der Waals surface area (Å²) in [6.45, 7) is 0.376. The van der Waals surface area contributed by atoms with Gasteiger partial charge in [-0.1, -0.05) is 12.1 Å². The number of morpholine rings is 1. The number of anilines is 1. The second kappa shape index (κ2) is 12.7. The number of halogens is 6. The number of fused-ring (bicyclic) bond motifs is 1. The monoisotopic (exact) mass is 633 g/mol. The molecule has 1 amide bonds. The van der Waals surface area contributed by atoms with Crippen molar-refractivity contribution in [2.75, 3.05) is 31.8 Å². The number of carbonyl (C=O) groups excluding carboxylic acids is 2. The second-order valence-electron chi connectivity index (χ2n) is 10.2. The van der Waals surface area contributed by atoms with Crippen molar-refractivity contribution in [3.8, 4) is 11.4 Å². The molecule has 45 heavy (non-hydrogen) atoms. The van der Waals surface area contributed by atoms with Crippen LogP contribution in [0, 0.1) is 24.4 Å². The first-order valence-electron chi connectivity index (χ1n) is 13.5. The average Bonchev–Trinajstić information content (AvgIpc) is 3.01. The van der Waals surface area contributed by atoms with E-state index >= 15 is 8.78 Å². The lowest BCUT2D eigenvalue weighted by Gasteiger charge is -2.38. The molecule has 1 saturated heterocycles. The van der Waals surface area contributed by atoms with Crippen molar-refractivity contribution in [2.45, 2.75) is 31.6 Å². The highest BCUT2D eigenvalue weighted by Gasteiger charge is 2.46. The minimum Gasteiger partial charge on any atom is -0.467 e.